The first-order chi connectivity index (χ1) is 16.2. The second-order valence-electron chi connectivity index (χ2n) is 7.99. The van der Waals surface area contributed by atoms with Crippen LogP contribution < -0.4 is 16.3 Å². The van der Waals surface area contributed by atoms with Crippen LogP contribution >= 0.6 is 0 Å². The highest BCUT2D eigenvalue weighted by atomic mass is 16.4. The van der Waals surface area contributed by atoms with Crippen LogP contribution in [-0.4, -0.2) is 41.0 Å². The van der Waals surface area contributed by atoms with E-state index >= 15 is 0 Å². The van der Waals surface area contributed by atoms with Crippen molar-refractivity contribution in [1.29, 1.82) is 0 Å². The van der Waals surface area contributed by atoms with E-state index in [0.717, 1.165) is 67.3 Å². The van der Waals surface area contributed by atoms with Gasteiger partial charge in [0, 0.05) is 74.9 Å². The van der Waals surface area contributed by atoms with E-state index in [0.29, 0.717) is 5.58 Å². The van der Waals surface area contributed by atoms with Gasteiger partial charge in [-0.2, -0.15) is 0 Å². The van der Waals surface area contributed by atoms with Gasteiger partial charge in [0.2, 0.25) is 0 Å². The number of benzene rings is 1. The summed E-state index contributed by atoms with van der Waals surface area (Å²) in [7, 11) is 0. The minimum atomic E-state index is -0.320. The smallest absolute Gasteiger partial charge is 0.336 e. The Morgan fingerprint density at radius 2 is 1.61 bits per heavy atom. The largest absolute Gasteiger partial charge is 0.423 e. The van der Waals surface area contributed by atoms with Gasteiger partial charge in [-0.3, -0.25) is 14.9 Å². The van der Waals surface area contributed by atoms with Crippen LogP contribution in [0.5, 0.6) is 0 Å². The van der Waals surface area contributed by atoms with E-state index in [-0.39, 0.29) is 5.63 Å². The number of fused-ring (bicyclic) bond motifs is 1. The van der Waals surface area contributed by atoms with Crippen LogP contribution in [0.15, 0.2) is 82.3 Å². The van der Waals surface area contributed by atoms with Crippen LogP contribution in [0.4, 0.5) is 5.69 Å². The van der Waals surface area contributed by atoms with Gasteiger partial charge in [0.15, 0.2) is 0 Å². The summed E-state index contributed by atoms with van der Waals surface area (Å²) in [6.45, 7) is 6.79. The van der Waals surface area contributed by atoms with Gasteiger partial charge in [-0.1, -0.05) is 12.1 Å². The third-order valence-corrected chi connectivity index (χ3v) is 5.41. The lowest BCUT2D eigenvalue weighted by molar-refractivity contribution is 0.251. The molecule has 0 radical (unpaired) electrons. The highest BCUT2D eigenvalue weighted by Gasteiger charge is 2.09. The maximum atomic E-state index is 11.6. The molecule has 0 saturated carbocycles. The zero-order chi connectivity index (χ0) is 22.9. The molecule has 1 aromatic carbocycles. The van der Waals surface area contributed by atoms with Crippen LogP contribution in [0, 0.1) is 6.92 Å². The highest BCUT2D eigenvalue weighted by molar-refractivity contribution is 5.83. The molecular formula is C26H29N5O2. The Kier molecular flexibility index (Phi) is 7.79. The summed E-state index contributed by atoms with van der Waals surface area (Å²) in [5.41, 5.74) is 4.25. The standard InChI is InChI=1S/C26H29N5O2/c1-20-16-26(32)33-25-17-21(8-9-24(20)25)30-13-12-27-14-15-31(18-22-6-2-4-10-28-22)19-23-7-3-5-11-29-23/h2-11,16-17,27,30H,12-15,18-19H2,1H3. The number of anilines is 1. The van der Waals surface area contributed by atoms with E-state index in [2.05, 4.69) is 37.6 Å². The van der Waals surface area contributed by atoms with Gasteiger partial charge in [0.05, 0.1) is 11.4 Å². The number of hydrogen-bond acceptors (Lipinski definition) is 7. The molecule has 0 amide bonds. The van der Waals surface area contributed by atoms with Crippen LogP contribution in [0.2, 0.25) is 0 Å². The molecule has 3 aromatic heterocycles. The molecule has 33 heavy (non-hydrogen) atoms. The van der Waals surface area contributed by atoms with Crippen molar-refractivity contribution in [2.24, 2.45) is 0 Å². The molecule has 170 valence electrons. The minimum absolute atomic E-state index is 0.320. The lowest BCUT2D eigenvalue weighted by atomic mass is 10.1. The highest BCUT2D eigenvalue weighted by Crippen LogP contribution is 2.20. The molecule has 0 bridgehead atoms. The summed E-state index contributed by atoms with van der Waals surface area (Å²) in [5, 5.41) is 7.84. The fraction of sp³-hybridized carbons (Fsp3) is 0.269. The average Bonchev–Trinajstić information content (AvgIpc) is 2.82. The summed E-state index contributed by atoms with van der Waals surface area (Å²) in [5.74, 6) is 0. The molecule has 0 spiro atoms. The first-order valence-electron chi connectivity index (χ1n) is 11.2. The Morgan fingerprint density at radius 1 is 0.879 bits per heavy atom. The van der Waals surface area contributed by atoms with Crippen molar-refractivity contribution in [2.45, 2.75) is 20.0 Å². The van der Waals surface area contributed by atoms with Gasteiger partial charge >= 0.3 is 5.63 Å². The van der Waals surface area contributed by atoms with Crippen LogP contribution in [-0.2, 0) is 13.1 Å². The topological polar surface area (TPSA) is 83.3 Å². The monoisotopic (exact) mass is 443 g/mol. The van der Waals surface area contributed by atoms with Gasteiger partial charge < -0.3 is 15.1 Å². The van der Waals surface area contributed by atoms with Crippen molar-refractivity contribution in [1.82, 2.24) is 20.2 Å². The molecule has 7 nitrogen and oxygen atoms in total. The fourth-order valence-corrected chi connectivity index (χ4v) is 3.75. The Morgan fingerprint density at radius 3 is 2.27 bits per heavy atom. The number of rotatable bonds is 11. The van der Waals surface area contributed by atoms with Gasteiger partial charge in [0.1, 0.15) is 5.58 Å². The van der Waals surface area contributed by atoms with E-state index < -0.39 is 0 Å². The summed E-state index contributed by atoms with van der Waals surface area (Å²) >= 11 is 0. The van der Waals surface area contributed by atoms with Gasteiger partial charge in [-0.25, -0.2) is 4.79 Å². The minimum Gasteiger partial charge on any atom is -0.423 e. The molecule has 2 N–H and O–H groups in total. The molecule has 0 atom stereocenters. The second-order valence-corrected chi connectivity index (χ2v) is 7.99. The number of nitrogens with zero attached hydrogens (tertiary/aromatic N) is 3. The quantitative estimate of drug-likeness (QED) is 0.271. The number of hydrogen-bond donors (Lipinski definition) is 2. The molecule has 0 saturated heterocycles. The molecule has 0 fully saturated rings. The van der Waals surface area contributed by atoms with Crippen molar-refractivity contribution < 1.29 is 4.42 Å². The maximum absolute atomic E-state index is 11.6. The van der Waals surface area contributed by atoms with Crippen molar-refractivity contribution in [2.75, 3.05) is 31.5 Å². The first kappa shape index (κ1) is 22.6. The Balaban J connectivity index is 1.25. The molecule has 0 aliphatic carbocycles. The zero-order valence-corrected chi connectivity index (χ0v) is 18.8. The third kappa shape index (κ3) is 6.71. The van der Waals surface area contributed by atoms with Crippen molar-refractivity contribution in [3.8, 4) is 0 Å². The normalized spacial score (nSPS) is 11.2. The Bertz CT molecular complexity index is 1170. The number of aryl methyl sites for hydroxylation is 1. The SMILES string of the molecule is Cc1cc(=O)oc2cc(NCCNCCN(Cc3ccccn3)Cc3ccccn3)ccc12. The molecule has 4 aromatic rings. The van der Waals surface area contributed by atoms with Gasteiger partial charge in [-0.05, 0) is 48.9 Å². The lowest BCUT2D eigenvalue weighted by Crippen LogP contribution is -2.33. The molecular weight excluding hydrogens is 414 g/mol. The zero-order valence-electron chi connectivity index (χ0n) is 18.8. The maximum Gasteiger partial charge on any atom is 0.336 e. The van der Waals surface area contributed by atoms with E-state index in [9.17, 15) is 4.79 Å². The van der Waals surface area contributed by atoms with Crippen molar-refractivity contribution in [3.63, 3.8) is 0 Å². The van der Waals surface area contributed by atoms with Crippen LogP contribution in [0.1, 0.15) is 17.0 Å². The van der Waals surface area contributed by atoms with E-state index in [1.807, 2.05) is 61.8 Å². The molecule has 0 unspecified atom stereocenters. The fourth-order valence-electron chi connectivity index (χ4n) is 3.75. The molecule has 0 aliphatic heterocycles. The lowest BCUT2D eigenvalue weighted by Gasteiger charge is -2.22. The second kappa shape index (κ2) is 11.4. The number of nitrogens with one attached hydrogen (secondary N) is 2. The van der Waals surface area contributed by atoms with E-state index in [1.165, 1.54) is 6.07 Å². The number of aromatic nitrogens is 2. The molecule has 4 rings (SSSR count). The van der Waals surface area contributed by atoms with Crippen molar-refractivity contribution in [3.05, 3.63) is 100 Å². The third-order valence-electron chi connectivity index (χ3n) is 5.41. The summed E-state index contributed by atoms with van der Waals surface area (Å²) in [4.78, 5) is 22.9. The van der Waals surface area contributed by atoms with Crippen LogP contribution in [0.3, 0.4) is 0 Å². The predicted octanol–water partition coefficient (Wildman–Crippen LogP) is 3.60. The first-order valence-corrected chi connectivity index (χ1v) is 11.2. The van der Waals surface area contributed by atoms with E-state index in [1.54, 1.807) is 0 Å². The average molecular weight is 444 g/mol. The van der Waals surface area contributed by atoms with Gasteiger partial charge in [0.25, 0.3) is 0 Å². The van der Waals surface area contributed by atoms with Gasteiger partial charge in [-0.15, -0.1) is 0 Å². The molecule has 3 heterocycles. The summed E-state index contributed by atoms with van der Waals surface area (Å²) in [6.07, 6.45) is 3.66. The summed E-state index contributed by atoms with van der Waals surface area (Å²) in [6, 6.07) is 19.4. The summed E-state index contributed by atoms with van der Waals surface area (Å²) < 4.78 is 5.33. The molecule has 0 aliphatic rings. The van der Waals surface area contributed by atoms with E-state index in [4.69, 9.17) is 4.42 Å². The Labute approximate surface area is 193 Å². The van der Waals surface area contributed by atoms with Crippen molar-refractivity contribution >= 4 is 16.7 Å². The predicted molar refractivity (Wildman–Crippen MR) is 131 cm³/mol. The Hall–Kier alpha value is -3.55. The molecule has 7 heteroatoms. The van der Waals surface area contributed by atoms with Crippen LogP contribution in [0.25, 0.3) is 11.0 Å². The number of pyridine rings is 2.